The number of anilines is 1. The number of nitrogens with one attached hydrogen (secondary N) is 2. The van der Waals surface area contributed by atoms with Crippen LogP contribution in [0, 0.1) is 11.8 Å². The third-order valence-electron chi connectivity index (χ3n) is 9.04. The summed E-state index contributed by atoms with van der Waals surface area (Å²) in [6, 6.07) is 6.61. The minimum absolute atomic E-state index is 0.126. The molecule has 214 valence electrons. The first kappa shape index (κ1) is 27.9. The number of amides is 3. The summed E-state index contributed by atoms with van der Waals surface area (Å²) in [6.45, 7) is 3.08. The molecule has 39 heavy (non-hydrogen) atoms. The van der Waals surface area contributed by atoms with E-state index in [0.29, 0.717) is 31.7 Å². The number of benzene rings is 1. The van der Waals surface area contributed by atoms with Crippen molar-refractivity contribution in [2.75, 3.05) is 25.1 Å². The van der Waals surface area contributed by atoms with E-state index in [4.69, 9.17) is 14.6 Å². The number of carbonyl (C=O) groups excluding carboxylic acids is 3. The van der Waals surface area contributed by atoms with E-state index in [0.717, 1.165) is 57.1 Å². The molecule has 4 fully saturated rings. The first-order chi connectivity index (χ1) is 19.0. The molecule has 0 aromatic heterocycles. The number of unbranched alkanes of at least 4 members (excludes halogenated alkanes) is 3. The van der Waals surface area contributed by atoms with Crippen LogP contribution in [-0.4, -0.2) is 71.3 Å². The number of nitrogens with zero attached hydrogens (tertiary/aromatic N) is 1. The highest BCUT2D eigenvalue weighted by atomic mass is 16.5. The Morgan fingerprint density at radius 3 is 2.51 bits per heavy atom. The van der Waals surface area contributed by atoms with Gasteiger partial charge in [0.05, 0.1) is 24.5 Å². The van der Waals surface area contributed by atoms with E-state index in [-0.39, 0.29) is 36.5 Å². The van der Waals surface area contributed by atoms with Gasteiger partial charge in [-0.1, -0.05) is 32.1 Å². The molecule has 5 atom stereocenters. The van der Waals surface area contributed by atoms with Crippen LogP contribution in [0.2, 0.25) is 0 Å². The normalized spacial score (nSPS) is 29.9. The van der Waals surface area contributed by atoms with Crippen molar-refractivity contribution in [2.24, 2.45) is 11.8 Å². The number of aliphatic hydroxyl groups excluding tert-OH is 1. The quantitative estimate of drug-likeness (QED) is 0.349. The Morgan fingerprint density at radius 2 is 1.79 bits per heavy atom. The molecule has 2 bridgehead atoms. The van der Waals surface area contributed by atoms with Gasteiger partial charge >= 0.3 is 0 Å². The Labute approximate surface area is 231 Å². The van der Waals surface area contributed by atoms with Crippen molar-refractivity contribution in [3.63, 3.8) is 0 Å². The molecule has 3 saturated heterocycles. The maximum Gasteiger partial charge on any atom is 0.246 e. The Morgan fingerprint density at radius 1 is 1.05 bits per heavy atom. The van der Waals surface area contributed by atoms with Gasteiger partial charge in [-0.15, -0.1) is 0 Å². The predicted octanol–water partition coefficient (Wildman–Crippen LogP) is 3.40. The number of ether oxygens (including phenoxy) is 2. The SMILES string of the molecule is CCOc1ccc(NC(=O)[C@@H]2[C@@H]3CCC4(O3)C(C(=O)NC3CCCCC3)N(CCCCCCO)C(=O)[C@H]24)cc1. The van der Waals surface area contributed by atoms with Gasteiger partial charge < -0.3 is 30.1 Å². The van der Waals surface area contributed by atoms with Crippen molar-refractivity contribution in [1.29, 1.82) is 0 Å². The van der Waals surface area contributed by atoms with Gasteiger partial charge in [0.15, 0.2) is 0 Å². The number of hydrogen-bond acceptors (Lipinski definition) is 6. The zero-order chi connectivity index (χ0) is 27.4. The first-order valence-corrected chi connectivity index (χ1v) is 14.9. The van der Waals surface area contributed by atoms with Crippen molar-refractivity contribution in [3.8, 4) is 5.75 Å². The van der Waals surface area contributed by atoms with Gasteiger partial charge in [0.2, 0.25) is 17.7 Å². The molecule has 3 heterocycles. The van der Waals surface area contributed by atoms with Gasteiger partial charge in [-0.3, -0.25) is 14.4 Å². The molecule has 1 saturated carbocycles. The molecule has 1 aromatic carbocycles. The fraction of sp³-hybridized carbons (Fsp3) is 0.700. The second kappa shape index (κ2) is 12.3. The first-order valence-electron chi connectivity index (χ1n) is 14.9. The summed E-state index contributed by atoms with van der Waals surface area (Å²) in [6.07, 6.45) is 9.40. The molecule has 1 spiro atoms. The van der Waals surface area contributed by atoms with Gasteiger partial charge in [0.25, 0.3) is 0 Å². The van der Waals surface area contributed by atoms with E-state index in [9.17, 15) is 14.4 Å². The van der Waals surface area contributed by atoms with Crippen molar-refractivity contribution in [1.82, 2.24) is 10.2 Å². The Balaban J connectivity index is 1.35. The second-order valence-corrected chi connectivity index (χ2v) is 11.5. The van der Waals surface area contributed by atoms with Crippen molar-refractivity contribution < 1.29 is 29.0 Å². The largest absolute Gasteiger partial charge is 0.494 e. The average Bonchev–Trinajstić information content (AvgIpc) is 3.58. The van der Waals surface area contributed by atoms with E-state index < -0.39 is 23.5 Å². The lowest BCUT2D eigenvalue weighted by Gasteiger charge is -2.35. The van der Waals surface area contributed by atoms with E-state index in [1.165, 1.54) is 6.42 Å². The lowest BCUT2D eigenvalue weighted by molar-refractivity contribution is -0.142. The topological polar surface area (TPSA) is 117 Å². The summed E-state index contributed by atoms with van der Waals surface area (Å²) < 4.78 is 12.0. The standard InChI is InChI=1S/C30H43N3O6/c1-2-38-22-14-12-21(13-15-22)31-27(35)24-23-16-17-30(39-23)25(24)29(37)33(18-8-3-4-9-19-34)26(30)28(36)32-20-10-6-5-7-11-20/h12-15,20,23-26,34H,2-11,16-19H2,1H3,(H,31,35)(H,32,36)/t23-,24+,25-,26?,30?/m0/s1. The number of hydrogen-bond donors (Lipinski definition) is 3. The van der Waals surface area contributed by atoms with E-state index in [2.05, 4.69) is 10.6 Å². The molecular weight excluding hydrogens is 498 g/mol. The van der Waals surface area contributed by atoms with Gasteiger partial charge in [0.1, 0.15) is 17.4 Å². The molecule has 1 aromatic rings. The minimum atomic E-state index is -0.966. The molecule has 5 rings (SSSR count). The van der Waals surface area contributed by atoms with Crippen LogP contribution in [0.4, 0.5) is 5.69 Å². The summed E-state index contributed by atoms with van der Waals surface area (Å²) in [5.41, 5.74) is -0.329. The zero-order valence-electron chi connectivity index (χ0n) is 23.0. The second-order valence-electron chi connectivity index (χ2n) is 11.5. The van der Waals surface area contributed by atoms with E-state index in [1.54, 1.807) is 17.0 Å². The maximum atomic E-state index is 14.0. The lowest BCUT2D eigenvalue weighted by atomic mass is 9.70. The van der Waals surface area contributed by atoms with Gasteiger partial charge in [0, 0.05) is 24.9 Å². The summed E-state index contributed by atoms with van der Waals surface area (Å²) in [5, 5.41) is 15.4. The van der Waals surface area contributed by atoms with Crippen molar-refractivity contribution in [3.05, 3.63) is 24.3 Å². The molecule has 3 amide bonds. The van der Waals surface area contributed by atoms with E-state index in [1.807, 2.05) is 19.1 Å². The average molecular weight is 542 g/mol. The summed E-state index contributed by atoms with van der Waals surface area (Å²) in [5.74, 6) is -1.09. The summed E-state index contributed by atoms with van der Waals surface area (Å²) in [4.78, 5) is 43.2. The monoisotopic (exact) mass is 541 g/mol. The zero-order valence-corrected chi connectivity index (χ0v) is 23.0. The molecule has 3 aliphatic heterocycles. The fourth-order valence-corrected chi connectivity index (χ4v) is 7.30. The molecule has 9 nitrogen and oxygen atoms in total. The highest BCUT2D eigenvalue weighted by Crippen LogP contribution is 2.58. The summed E-state index contributed by atoms with van der Waals surface area (Å²) in [7, 11) is 0. The molecule has 3 N–H and O–H groups in total. The molecule has 4 aliphatic rings. The molecule has 1 aliphatic carbocycles. The molecule has 0 radical (unpaired) electrons. The van der Waals surface area contributed by atoms with Crippen LogP contribution < -0.4 is 15.4 Å². The van der Waals surface area contributed by atoms with Crippen LogP contribution >= 0.6 is 0 Å². The predicted molar refractivity (Wildman–Crippen MR) is 146 cm³/mol. The van der Waals surface area contributed by atoms with Crippen LogP contribution in [0.1, 0.15) is 77.6 Å². The van der Waals surface area contributed by atoms with Crippen LogP contribution in [0.3, 0.4) is 0 Å². The van der Waals surface area contributed by atoms with Crippen LogP contribution in [0.25, 0.3) is 0 Å². The number of aliphatic hydroxyl groups is 1. The molecule has 9 heteroatoms. The van der Waals surface area contributed by atoms with Crippen LogP contribution in [0.5, 0.6) is 5.75 Å². The molecule has 2 unspecified atom stereocenters. The molecular formula is C30H43N3O6. The summed E-state index contributed by atoms with van der Waals surface area (Å²) >= 11 is 0. The van der Waals surface area contributed by atoms with Gasteiger partial charge in [-0.25, -0.2) is 0 Å². The smallest absolute Gasteiger partial charge is 0.246 e. The Kier molecular flexibility index (Phi) is 8.76. The van der Waals surface area contributed by atoms with Crippen LogP contribution in [0.15, 0.2) is 24.3 Å². The highest BCUT2D eigenvalue weighted by Gasteiger charge is 2.74. The number of likely N-dealkylation sites (tertiary alicyclic amines) is 1. The van der Waals surface area contributed by atoms with Gasteiger partial charge in [-0.2, -0.15) is 0 Å². The number of carbonyl (C=O) groups is 3. The van der Waals surface area contributed by atoms with Gasteiger partial charge in [-0.05, 0) is 69.7 Å². The Hall–Kier alpha value is -2.65. The minimum Gasteiger partial charge on any atom is -0.494 e. The third kappa shape index (κ3) is 5.53. The van der Waals surface area contributed by atoms with Crippen molar-refractivity contribution in [2.45, 2.75) is 101 Å². The maximum absolute atomic E-state index is 14.0. The fourth-order valence-electron chi connectivity index (χ4n) is 7.30. The number of fused-ring (bicyclic) bond motifs is 1. The number of rotatable bonds is 12. The third-order valence-corrected chi connectivity index (χ3v) is 9.04. The van der Waals surface area contributed by atoms with Crippen molar-refractivity contribution >= 4 is 23.4 Å². The van der Waals surface area contributed by atoms with Crippen LogP contribution in [-0.2, 0) is 19.1 Å². The lowest BCUT2D eigenvalue weighted by Crippen LogP contribution is -2.57. The van der Waals surface area contributed by atoms with E-state index >= 15 is 0 Å². The Bertz CT molecular complexity index is 1030. The highest BCUT2D eigenvalue weighted by molar-refractivity contribution is 6.02.